The van der Waals surface area contributed by atoms with E-state index in [1.165, 1.54) is 48.8 Å². The van der Waals surface area contributed by atoms with Crippen molar-refractivity contribution in [3.8, 4) is 0 Å². The van der Waals surface area contributed by atoms with Crippen LogP contribution < -0.4 is 0 Å². The van der Waals surface area contributed by atoms with Crippen LogP contribution in [0.25, 0.3) is 0 Å². The van der Waals surface area contributed by atoms with Gasteiger partial charge in [-0.1, -0.05) is 73.9 Å². The lowest BCUT2D eigenvalue weighted by molar-refractivity contribution is 0.348. The van der Waals surface area contributed by atoms with E-state index in [2.05, 4.69) is 54.6 Å². The minimum Gasteiger partial charge on any atom is -0.118 e. The van der Waals surface area contributed by atoms with Gasteiger partial charge < -0.3 is 0 Å². The zero-order valence-corrected chi connectivity index (χ0v) is 13.2. The molecule has 3 rings (SSSR count). The predicted molar refractivity (Wildman–Crippen MR) is 90.9 cm³/mol. The smallest absolute Gasteiger partial charge is 0.0613 e. The molecule has 0 nitrogen and oxygen atoms in total. The maximum absolute atomic E-state index is 6.70. The lowest BCUT2D eigenvalue weighted by Crippen LogP contribution is -2.12. The van der Waals surface area contributed by atoms with Gasteiger partial charge in [-0.2, -0.15) is 0 Å². The van der Waals surface area contributed by atoms with Gasteiger partial charge in [0.15, 0.2) is 0 Å². The van der Waals surface area contributed by atoms with E-state index in [4.69, 9.17) is 11.6 Å². The van der Waals surface area contributed by atoms with Gasteiger partial charge in [0.1, 0.15) is 0 Å². The Hall–Kier alpha value is -1.27. The van der Waals surface area contributed by atoms with Crippen LogP contribution in [0.1, 0.15) is 54.2 Å². The summed E-state index contributed by atoms with van der Waals surface area (Å²) >= 11 is 6.70. The molecule has 2 aromatic carbocycles. The standard InChI is InChI=1S/C20H23Cl/c21-20(18-9-5-2-6-10-18)19-13-11-17(12-14-19)15-16-7-3-1-4-8-16/h1,3-4,7-8,11-14,18,20H,2,5-6,9-10,15H2. The third kappa shape index (κ3) is 3.89. The Morgan fingerprint density at radius 1 is 0.810 bits per heavy atom. The van der Waals surface area contributed by atoms with Gasteiger partial charge in [-0.25, -0.2) is 0 Å². The van der Waals surface area contributed by atoms with E-state index in [-0.39, 0.29) is 5.38 Å². The Morgan fingerprint density at radius 3 is 2.10 bits per heavy atom. The topological polar surface area (TPSA) is 0 Å². The minimum absolute atomic E-state index is 0.191. The van der Waals surface area contributed by atoms with Crippen molar-refractivity contribution < 1.29 is 0 Å². The van der Waals surface area contributed by atoms with Crippen molar-refractivity contribution in [1.82, 2.24) is 0 Å². The molecule has 1 unspecified atom stereocenters. The molecule has 21 heavy (non-hydrogen) atoms. The first-order valence-corrected chi connectivity index (χ1v) is 8.53. The first-order chi connectivity index (χ1) is 10.3. The van der Waals surface area contributed by atoms with E-state index < -0.39 is 0 Å². The molecular weight excluding hydrogens is 276 g/mol. The largest absolute Gasteiger partial charge is 0.118 e. The molecule has 1 heteroatoms. The maximum atomic E-state index is 6.70. The van der Waals surface area contributed by atoms with Crippen LogP contribution in [0.4, 0.5) is 0 Å². The summed E-state index contributed by atoms with van der Waals surface area (Å²) in [4.78, 5) is 0. The third-order valence-corrected chi connectivity index (χ3v) is 5.22. The second-order valence-electron chi connectivity index (χ2n) is 6.20. The highest BCUT2D eigenvalue weighted by atomic mass is 35.5. The normalized spacial score (nSPS) is 17.6. The molecule has 0 spiro atoms. The fourth-order valence-electron chi connectivity index (χ4n) is 3.35. The van der Waals surface area contributed by atoms with E-state index in [0.29, 0.717) is 5.92 Å². The second-order valence-corrected chi connectivity index (χ2v) is 6.67. The average Bonchev–Trinajstić information content (AvgIpc) is 2.57. The summed E-state index contributed by atoms with van der Waals surface area (Å²) in [5.74, 6) is 0.667. The molecule has 1 aliphatic carbocycles. The maximum Gasteiger partial charge on any atom is 0.0613 e. The van der Waals surface area contributed by atoms with Crippen LogP contribution in [-0.4, -0.2) is 0 Å². The fraction of sp³-hybridized carbons (Fsp3) is 0.400. The van der Waals surface area contributed by atoms with Crippen LogP contribution in [0.2, 0.25) is 0 Å². The number of benzene rings is 2. The SMILES string of the molecule is ClC(c1ccc(Cc2ccccc2)cc1)C1CCCCC1. The first-order valence-electron chi connectivity index (χ1n) is 8.10. The van der Waals surface area contributed by atoms with E-state index in [0.717, 1.165) is 6.42 Å². The highest BCUT2D eigenvalue weighted by Gasteiger charge is 2.22. The molecule has 0 N–H and O–H groups in total. The quantitative estimate of drug-likeness (QED) is 0.595. The van der Waals surface area contributed by atoms with Gasteiger partial charge in [-0.3, -0.25) is 0 Å². The van der Waals surface area contributed by atoms with Crippen molar-refractivity contribution in [2.24, 2.45) is 5.92 Å². The molecule has 1 atom stereocenters. The van der Waals surface area contributed by atoms with Crippen molar-refractivity contribution in [1.29, 1.82) is 0 Å². The second kappa shape index (κ2) is 7.13. The summed E-state index contributed by atoms with van der Waals surface area (Å²) in [5.41, 5.74) is 4.01. The van der Waals surface area contributed by atoms with Crippen LogP contribution >= 0.6 is 11.6 Å². The molecular formula is C20H23Cl. The molecule has 0 radical (unpaired) electrons. The first kappa shape index (κ1) is 14.7. The summed E-state index contributed by atoms with van der Waals surface area (Å²) in [6, 6.07) is 19.6. The molecule has 110 valence electrons. The van der Waals surface area contributed by atoms with Gasteiger partial charge in [0.05, 0.1) is 5.38 Å². The van der Waals surface area contributed by atoms with Crippen LogP contribution in [0, 0.1) is 5.92 Å². The monoisotopic (exact) mass is 298 g/mol. The summed E-state index contributed by atoms with van der Waals surface area (Å²) < 4.78 is 0. The molecule has 1 saturated carbocycles. The Morgan fingerprint density at radius 2 is 1.43 bits per heavy atom. The van der Waals surface area contributed by atoms with Crippen LogP contribution in [0.15, 0.2) is 54.6 Å². The Balaban J connectivity index is 1.66. The Bertz CT molecular complexity index is 538. The number of alkyl halides is 1. The van der Waals surface area contributed by atoms with Gasteiger partial charge in [-0.05, 0) is 41.9 Å². The van der Waals surface area contributed by atoms with Crippen molar-refractivity contribution in [3.05, 3.63) is 71.3 Å². The Kier molecular flexibility index (Phi) is 4.98. The summed E-state index contributed by atoms with van der Waals surface area (Å²) in [5, 5.41) is 0.191. The van der Waals surface area contributed by atoms with Crippen molar-refractivity contribution in [2.75, 3.05) is 0 Å². The highest BCUT2D eigenvalue weighted by Crippen LogP contribution is 2.38. The van der Waals surface area contributed by atoms with Crippen molar-refractivity contribution >= 4 is 11.6 Å². The number of hydrogen-bond donors (Lipinski definition) is 0. The lowest BCUT2D eigenvalue weighted by atomic mass is 9.84. The molecule has 0 heterocycles. The number of hydrogen-bond acceptors (Lipinski definition) is 0. The van der Waals surface area contributed by atoms with Gasteiger partial charge in [0.25, 0.3) is 0 Å². The van der Waals surface area contributed by atoms with Gasteiger partial charge in [0, 0.05) is 0 Å². The van der Waals surface area contributed by atoms with E-state index >= 15 is 0 Å². The van der Waals surface area contributed by atoms with Crippen LogP contribution in [-0.2, 0) is 6.42 Å². The number of rotatable bonds is 4. The summed E-state index contributed by atoms with van der Waals surface area (Å²) in [6.07, 6.45) is 7.66. The van der Waals surface area contributed by atoms with Gasteiger partial charge in [-0.15, -0.1) is 11.6 Å². The van der Waals surface area contributed by atoms with Gasteiger partial charge in [0.2, 0.25) is 0 Å². The molecule has 1 fully saturated rings. The average molecular weight is 299 g/mol. The third-order valence-electron chi connectivity index (χ3n) is 4.61. The van der Waals surface area contributed by atoms with E-state index in [9.17, 15) is 0 Å². The Labute approximate surface area is 133 Å². The predicted octanol–water partition coefficient (Wildman–Crippen LogP) is 6.14. The molecule has 0 aliphatic heterocycles. The molecule has 2 aromatic rings. The molecule has 0 bridgehead atoms. The molecule has 0 aromatic heterocycles. The molecule has 0 amide bonds. The highest BCUT2D eigenvalue weighted by molar-refractivity contribution is 6.21. The van der Waals surface area contributed by atoms with Crippen molar-refractivity contribution in [2.45, 2.75) is 43.9 Å². The van der Waals surface area contributed by atoms with Crippen molar-refractivity contribution in [3.63, 3.8) is 0 Å². The van der Waals surface area contributed by atoms with E-state index in [1.54, 1.807) is 0 Å². The molecule has 0 saturated heterocycles. The van der Waals surface area contributed by atoms with E-state index in [1.807, 2.05) is 0 Å². The number of halogens is 1. The van der Waals surface area contributed by atoms with Crippen LogP contribution in [0.5, 0.6) is 0 Å². The zero-order chi connectivity index (χ0) is 14.5. The fourth-order valence-corrected chi connectivity index (χ4v) is 3.75. The van der Waals surface area contributed by atoms with Crippen LogP contribution in [0.3, 0.4) is 0 Å². The lowest BCUT2D eigenvalue weighted by Gasteiger charge is -2.26. The summed E-state index contributed by atoms with van der Waals surface area (Å²) in [6.45, 7) is 0. The molecule has 1 aliphatic rings. The van der Waals surface area contributed by atoms with Gasteiger partial charge >= 0.3 is 0 Å². The summed E-state index contributed by atoms with van der Waals surface area (Å²) in [7, 11) is 0. The minimum atomic E-state index is 0.191. The zero-order valence-electron chi connectivity index (χ0n) is 12.5.